The molecule has 0 bridgehead atoms. The second-order valence-electron chi connectivity index (χ2n) is 2.37. The summed E-state index contributed by atoms with van der Waals surface area (Å²) in [5.74, 6) is -0.708. The SMILES string of the molecule is CCC(C)[C@H](O)C(F)(F)F. The second kappa shape index (κ2) is 3.23. The number of rotatable bonds is 2. The molecule has 0 saturated carbocycles. The monoisotopic (exact) mass is 156 g/mol. The fourth-order valence-corrected chi connectivity index (χ4v) is 0.546. The van der Waals surface area contributed by atoms with Crippen LogP contribution in [0.15, 0.2) is 0 Å². The standard InChI is InChI=1S/C6H11F3O/c1-3-4(2)5(10)6(7,8)9/h4-5,10H,3H2,1-2H3/t4?,5-/m0/s1. The number of halogens is 3. The molecule has 1 unspecified atom stereocenters. The zero-order chi connectivity index (χ0) is 8.36. The zero-order valence-corrected chi connectivity index (χ0v) is 5.94. The second-order valence-corrected chi connectivity index (χ2v) is 2.37. The third kappa shape index (κ3) is 2.56. The Hall–Kier alpha value is -0.250. The van der Waals surface area contributed by atoms with Crippen LogP contribution in [0.1, 0.15) is 20.3 Å². The van der Waals surface area contributed by atoms with Crippen LogP contribution in [0.2, 0.25) is 0 Å². The molecule has 0 aliphatic heterocycles. The molecule has 0 saturated heterocycles. The molecular formula is C6H11F3O. The molecule has 1 nitrogen and oxygen atoms in total. The Bertz CT molecular complexity index is 99.7. The molecule has 0 aliphatic rings. The van der Waals surface area contributed by atoms with Gasteiger partial charge in [-0.25, -0.2) is 0 Å². The number of alkyl halides is 3. The maximum absolute atomic E-state index is 11.6. The van der Waals surface area contributed by atoms with Gasteiger partial charge in [-0.05, 0) is 5.92 Å². The number of aliphatic hydroxyl groups excluding tert-OH is 1. The molecule has 0 aliphatic carbocycles. The molecule has 0 rings (SSSR count). The molecular weight excluding hydrogens is 145 g/mol. The minimum absolute atomic E-state index is 0.334. The topological polar surface area (TPSA) is 20.2 Å². The minimum Gasteiger partial charge on any atom is -0.383 e. The van der Waals surface area contributed by atoms with Gasteiger partial charge in [0, 0.05) is 0 Å². The quantitative estimate of drug-likeness (QED) is 0.647. The van der Waals surface area contributed by atoms with E-state index >= 15 is 0 Å². The molecule has 4 heteroatoms. The van der Waals surface area contributed by atoms with Gasteiger partial charge in [0.1, 0.15) is 0 Å². The van der Waals surface area contributed by atoms with Crippen molar-refractivity contribution < 1.29 is 18.3 Å². The van der Waals surface area contributed by atoms with Gasteiger partial charge >= 0.3 is 6.18 Å². The fourth-order valence-electron chi connectivity index (χ4n) is 0.546. The molecule has 2 atom stereocenters. The molecule has 0 aromatic heterocycles. The van der Waals surface area contributed by atoms with Gasteiger partial charge in [0.2, 0.25) is 0 Å². The lowest BCUT2D eigenvalue weighted by molar-refractivity contribution is -0.217. The highest BCUT2D eigenvalue weighted by molar-refractivity contribution is 4.70. The summed E-state index contributed by atoms with van der Waals surface area (Å²) >= 11 is 0. The Labute approximate surface area is 57.9 Å². The van der Waals surface area contributed by atoms with Crippen molar-refractivity contribution in [2.24, 2.45) is 5.92 Å². The van der Waals surface area contributed by atoms with Crippen molar-refractivity contribution in [3.63, 3.8) is 0 Å². The Morgan fingerprint density at radius 1 is 1.40 bits per heavy atom. The van der Waals surface area contributed by atoms with E-state index in [1.54, 1.807) is 6.92 Å². The predicted octanol–water partition coefficient (Wildman–Crippen LogP) is 1.96. The summed E-state index contributed by atoms with van der Waals surface area (Å²) in [5.41, 5.74) is 0. The Morgan fingerprint density at radius 3 is 1.90 bits per heavy atom. The first-order chi connectivity index (χ1) is 4.39. The first-order valence-corrected chi connectivity index (χ1v) is 3.14. The molecule has 0 spiro atoms. The fraction of sp³-hybridized carbons (Fsp3) is 1.00. The Kier molecular flexibility index (Phi) is 3.15. The van der Waals surface area contributed by atoms with E-state index in [9.17, 15) is 13.2 Å². The van der Waals surface area contributed by atoms with Crippen LogP contribution < -0.4 is 0 Å². The van der Waals surface area contributed by atoms with Gasteiger partial charge in [-0.3, -0.25) is 0 Å². The average Bonchev–Trinajstić information content (AvgIpc) is 1.83. The predicted molar refractivity (Wildman–Crippen MR) is 31.5 cm³/mol. The molecule has 0 aromatic carbocycles. The number of hydrogen-bond acceptors (Lipinski definition) is 1. The van der Waals surface area contributed by atoms with Gasteiger partial charge in [0.15, 0.2) is 6.10 Å². The molecule has 0 amide bonds. The average molecular weight is 156 g/mol. The summed E-state index contributed by atoms with van der Waals surface area (Å²) in [7, 11) is 0. The molecule has 62 valence electrons. The highest BCUT2D eigenvalue weighted by Crippen LogP contribution is 2.26. The summed E-state index contributed by atoms with van der Waals surface area (Å²) in [4.78, 5) is 0. The summed E-state index contributed by atoms with van der Waals surface area (Å²) in [6, 6.07) is 0. The molecule has 10 heavy (non-hydrogen) atoms. The smallest absolute Gasteiger partial charge is 0.383 e. The minimum atomic E-state index is -4.46. The highest BCUT2D eigenvalue weighted by atomic mass is 19.4. The lowest BCUT2D eigenvalue weighted by Crippen LogP contribution is -2.34. The van der Waals surface area contributed by atoms with Gasteiger partial charge < -0.3 is 5.11 Å². The van der Waals surface area contributed by atoms with E-state index in [1.807, 2.05) is 0 Å². The van der Waals surface area contributed by atoms with Crippen LogP contribution in [0.4, 0.5) is 13.2 Å². The van der Waals surface area contributed by atoms with Gasteiger partial charge in [0.05, 0.1) is 0 Å². The van der Waals surface area contributed by atoms with Gasteiger partial charge in [-0.2, -0.15) is 13.2 Å². The van der Waals surface area contributed by atoms with Crippen LogP contribution in [0, 0.1) is 5.92 Å². The van der Waals surface area contributed by atoms with E-state index in [4.69, 9.17) is 5.11 Å². The van der Waals surface area contributed by atoms with Gasteiger partial charge in [-0.1, -0.05) is 20.3 Å². The van der Waals surface area contributed by atoms with E-state index in [0.29, 0.717) is 6.42 Å². The van der Waals surface area contributed by atoms with Crippen molar-refractivity contribution in [3.8, 4) is 0 Å². The van der Waals surface area contributed by atoms with E-state index in [1.165, 1.54) is 6.92 Å². The molecule has 0 aromatic rings. The van der Waals surface area contributed by atoms with Gasteiger partial charge in [0.25, 0.3) is 0 Å². The number of aliphatic hydroxyl groups is 1. The molecule has 0 heterocycles. The van der Waals surface area contributed by atoms with Crippen LogP contribution in [-0.2, 0) is 0 Å². The lowest BCUT2D eigenvalue weighted by atomic mass is 10.0. The molecule has 0 fully saturated rings. The molecule has 0 radical (unpaired) electrons. The first kappa shape index (κ1) is 9.75. The van der Waals surface area contributed by atoms with E-state index in [0.717, 1.165) is 0 Å². The van der Waals surface area contributed by atoms with Crippen molar-refractivity contribution in [2.45, 2.75) is 32.5 Å². The van der Waals surface area contributed by atoms with Crippen molar-refractivity contribution >= 4 is 0 Å². The molecule has 1 N–H and O–H groups in total. The lowest BCUT2D eigenvalue weighted by Gasteiger charge is -2.19. The van der Waals surface area contributed by atoms with Crippen molar-refractivity contribution in [1.82, 2.24) is 0 Å². The van der Waals surface area contributed by atoms with Crippen LogP contribution in [-0.4, -0.2) is 17.4 Å². The maximum Gasteiger partial charge on any atom is 0.414 e. The van der Waals surface area contributed by atoms with Crippen LogP contribution in [0.5, 0.6) is 0 Å². The van der Waals surface area contributed by atoms with E-state index in [2.05, 4.69) is 0 Å². The van der Waals surface area contributed by atoms with Crippen molar-refractivity contribution in [2.75, 3.05) is 0 Å². The van der Waals surface area contributed by atoms with Crippen LogP contribution >= 0.6 is 0 Å². The largest absolute Gasteiger partial charge is 0.414 e. The summed E-state index contributed by atoms with van der Waals surface area (Å²) < 4.78 is 34.9. The third-order valence-electron chi connectivity index (χ3n) is 1.52. The maximum atomic E-state index is 11.6. The third-order valence-corrected chi connectivity index (χ3v) is 1.52. The van der Waals surface area contributed by atoms with E-state index < -0.39 is 18.2 Å². The summed E-state index contributed by atoms with van der Waals surface area (Å²) in [5, 5.41) is 8.53. The van der Waals surface area contributed by atoms with Crippen molar-refractivity contribution in [3.05, 3.63) is 0 Å². The van der Waals surface area contributed by atoms with Crippen molar-refractivity contribution in [1.29, 1.82) is 0 Å². The number of hydrogen-bond donors (Lipinski definition) is 1. The van der Waals surface area contributed by atoms with Crippen LogP contribution in [0.3, 0.4) is 0 Å². The Balaban J connectivity index is 3.94. The zero-order valence-electron chi connectivity index (χ0n) is 5.94. The summed E-state index contributed by atoms with van der Waals surface area (Å²) in [6.07, 6.45) is -6.30. The Morgan fingerprint density at radius 2 is 1.80 bits per heavy atom. The normalized spacial score (nSPS) is 18.6. The summed E-state index contributed by atoms with van der Waals surface area (Å²) in [6.45, 7) is 2.98. The van der Waals surface area contributed by atoms with Gasteiger partial charge in [-0.15, -0.1) is 0 Å². The highest BCUT2D eigenvalue weighted by Gasteiger charge is 2.40. The first-order valence-electron chi connectivity index (χ1n) is 3.14. The van der Waals surface area contributed by atoms with E-state index in [-0.39, 0.29) is 0 Å². The van der Waals surface area contributed by atoms with Crippen LogP contribution in [0.25, 0.3) is 0 Å².